The molecule has 0 fully saturated rings. The molecule has 17 heavy (non-hydrogen) atoms. The fourth-order valence-corrected chi connectivity index (χ4v) is 1.98. The Balaban J connectivity index is 3.16. The van der Waals surface area contributed by atoms with Gasteiger partial charge in [0.05, 0.1) is 11.7 Å². The van der Waals surface area contributed by atoms with Gasteiger partial charge in [-0.15, -0.1) is 5.10 Å². The highest BCUT2D eigenvalue weighted by Gasteiger charge is 2.22. The number of carboxylic acid groups (broad SMARTS) is 1. The Morgan fingerprint density at radius 2 is 1.94 bits per heavy atom. The Morgan fingerprint density at radius 1 is 1.35 bits per heavy atom. The summed E-state index contributed by atoms with van der Waals surface area (Å²) in [5.41, 5.74) is 0.854. The van der Waals surface area contributed by atoms with Gasteiger partial charge in [0.15, 0.2) is 5.69 Å². The van der Waals surface area contributed by atoms with Crippen molar-refractivity contribution in [3.63, 3.8) is 0 Å². The molecule has 0 spiro atoms. The molecule has 0 radical (unpaired) electrons. The van der Waals surface area contributed by atoms with Gasteiger partial charge in [-0.3, -0.25) is 0 Å². The van der Waals surface area contributed by atoms with Crippen LogP contribution in [0.4, 0.5) is 0 Å². The predicted molar refractivity (Wildman–Crippen MR) is 65.1 cm³/mol. The van der Waals surface area contributed by atoms with Crippen LogP contribution in [-0.2, 0) is 6.42 Å². The number of aromatic nitrogens is 3. The minimum Gasteiger partial charge on any atom is -0.476 e. The molecule has 1 rings (SSSR count). The van der Waals surface area contributed by atoms with Crippen LogP contribution in [0, 0.1) is 5.92 Å². The molecule has 0 bridgehead atoms. The van der Waals surface area contributed by atoms with Crippen LogP contribution in [-0.4, -0.2) is 26.1 Å². The summed E-state index contributed by atoms with van der Waals surface area (Å²) in [7, 11) is 0. The summed E-state index contributed by atoms with van der Waals surface area (Å²) >= 11 is 0. The molecule has 96 valence electrons. The summed E-state index contributed by atoms with van der Waals surface area (Å²) < 4.78 is 1.80. The van der Waals surface area contributed by atoms with Crippen molar-refractivity contribution in [2.75, 3.05) is 0 Å². The van der Waals surface area contributed by atoms with Crippen molar-refractivity contribution < 1.29 is 9.90 Å². The van der Waals surface area contributed by atoms with Crippen molar-refractivity contribution in [2.45, 2.75) is 53.0 Å². The van der Waals surface area contributed by atoms with E-state index < -0.39 is 5.97 Å². The first-order chi connectivity index (χ1) is 8.01. The van der Waals surface area contributed by atoms with Crippen LogP contribution in [0.3, 0.4) is 0 Å². The lowest BCUT2D eigenvalue weighted by Gasteiger charge is -2.16. The Morgan fingerprint density at radius 3 is 2.35 bits per heavy atom. The summed E-state index contributed by atoms with van der Waals surface area (Å²) in [4.78, 5) is 11.1. The maximum atomic E-state index is 11.1. The Bertz CT molecular complexity index is 381. The van der Waals surface area contributed by atoms with E-state index in [0.29, 0.717) is 12.3 Å². The van der Waals surface area contributed by atoms with E-state index in [9.17, 15) is 4.79 Å². The highest BCUT2D eigenvalue weighted by Crippen LogP contribution is 2.20. The maximum Gasteiger partial charge on any atom is 0.358 e. The van der Waals surface area contributed by atoms with E-state index in [1.807, 2.05) is 0 Å². The number of nitrogens with zero attached hydrogens (tertiary/aromatic N) is 3. The van der Waals surface area contributed by atoms with Crippen molar-refractivity contribution in [3.05, 3.63) is 11.4 Å². The molecule has 0 saturated carbocycles. The molecule has 1 N–H and O–H groups in total. The average Bonchev–Trinajstić information content (AvgIpc) is 2.63. The maximum absolute atomic E-state index is 11.1. The summed E-state index contributed by atoms with van der Waals surface area (Å²) in [6, 6.07) is 0.240. The van der Waals surface area contributed by atoms with Crippen molar-refractivity contribution in [1.82, 2.24) is 15.0 Å². The standard InChI is InChI=1S/C12H21N3O2/c1-5-9(6-2)15-10(7-8(3)4)11(12(16)17)13-14-15/h8-9H,5-7H2,1-4H3,(H,16,17). The molecule has 0 atom stereocenters. The Kier molecular flexibility index (Phi) is 4.66. The largest absolute Gasteiger partial charge is 0.476 e. The van der Waals surface area contributed by atoms with Crippen LogP contribution < -0.4 is 0 Å². The van der Waals surface area contributed by atoms with Crippen LogP contribution in [0.15, 0.2) is 0 Å². The van der Waals surface area contributed by atoms with Gasteiger partial charge < -0.3 is 5.11 Å². The Labute approximate surface area is 102 Å². The molecule has 1 aromatic heterocycles. The van der Waals surface area contributed by atoms with E-state index in [0.717, 1.165) is 18.5 Å². The summed E-state index contributed by atoms with van der Waals surface area (Å²) in [6.07, 6.45) is 2.57. The van der Waals surface area contributed by atoms with Gasteiger partial charge in [0.2, 0.25) is 0 Å². The number of hydrogen-bond donors (Lipinski definition) is 1. The molecular formula is C12H21N3O2. The molecular weight excluding hydrogens is 218 g/mol. The molecule has 0 amide bonds. The number of carboxylic acids is 1. The van der Waals surface area contributed by atoms with Crippen LogP contribution in [0.2, 0.25) is 0 Å². The molecule has 0 aliphatic carbocycles. The Hall–Kier alpha value is -1.39. The molecule has 5 nitrogen and oxygen atoms in total. The molecule has 1 aromatic rings. The van der Waals surface area contributed by atoms with E-state index in [1.54, 1.807) is 4.68 Å². The highest BCUT2D eigenvalue weighted by atomic mass is 16.4. The van der Waals surface area contributed by atoms with Crippen LogP contribution in [0.25, 0.3) is 0 Å². The van der Waals surface area contributed by atoms with Crippen molar-refractivity contribution in [1.29, 1.82) is 0 Å². The fourth-order valence-electron chi connectivity index (χ4n) is 1.98. The number of hydrogen-bond acceptors (Lipinski definition) is 3. The van der Waals surface area contributed by atoms with E-state index >= 15 is 0 Å². The van der Waals surface area contributed by atoms with Crippen LogP contribution >= 0.6 is 0 Å². The highest BCUT2D eigenvalue weighted by molar-refractivity contribution is 5.86. The van der Waals surface area contributed by atoms with E-state index in [4.69, 9.17) is 5.11 Å². The van der Waals surface area contributed by atoms with Crippen molar-refractivity contribution in [3.8, 4) is 0 Å². The summed E-state index contributed by atoms with van der Waals surface area (Å²) in [5.74, 6) is -0.599. The van der Waals surface area contributed by atoms with Gasteiger partial charge in [0.25, 0.3) is 0 Å². The van der Waals surface area contributed by atoms with Crippen molar-refractivity contribution in [2.24, 2.45) is 5.92 Å². The van der Waals surface area contributed by atoms with Crippen LogP contribution in [0.5, 0.6) is 0 Å². The number of carbonyl (C=O) groups is 1. The molecule has 0 aromatic carbocycles. The smallest absolute Gasteiger partial charge is 0.358 e. The topological polar surface area (TPSA) is 68.0 Å². The van der Waals surface area contributed by atoms with Gasteiger partial charge in [0.1, 0.15) is 0 Å². The lowest BCUT2D eigenvalue weighted by atomic mass is 10.0. The van der Waals surface area contributed by atoms with Gasteiger partial charge >= 0.3 is 5.97 Å². The van der Waals surface area contributed by atoms with Gasteiger partial charge in [0, 0.05) is 0 Å². The van der Waals surface area contributed by atoms with Crippen LogP contribution in [0.1, 0.15) is 62.8 Å². The quantitative estimate of drug-likeness (QED) is 0.828. The summed E-state index contributed by atoms with van der Waals surface area (Å²) in [5, 5.41) is 16.9. The van der Waals surface area contributed by atoms with E-state index in [-0.39, 0.29) is 11.7 Å². The van der Waals surface area contributed by atoms with Gasteiger partial charge in [-0.05, 0) is 25.2 Å². The van der Waals surface area contributed by atoms with E-state index in [1.165, 1.54) is 0 Å². The first kappa shape index (κ1) is 13.7. The van der Waals surface area contributed by atoms with Crippen molar-refractivity contribution >= 4 is 5.97 Å². The third kappa shape index (κ3) is 3.05. The molecule has 5 heteroatoms. The zero-order valence-electron chi connectivity index (χ0n) is 11.0. The third-order valence-electron chi connectivity index (χ3n) is 2.88. The number of rotatable bonds is 6. The minimum absolute atomic E-state index is 0.102. The first-order valence-corrected chi connectivity index (χ1v) is 6.18. The van der Waals surface area contributed by atoms with Gasteiger partial charge in [-0.1, -0.05) is 32.9 Å². The SMILES string of the molecule is CCC(CC)n1nnc(C(=O)O)c1CC(C)C. The molecule has 1 heterocycles. The predicted octanol–water partition coefficient (Wildman–Crippen LogP) is 2.54. The number of aromatic carboxylic acids is 1. The monoisotopic (exact) mass is 239 g/mol. The zero-order chi connectivity index (χ0) is 13.0. The normalized spacial score (nSPS) is 11.4. The lowest BCUT2D eigenvalue weighted by Crippen LogP contribution is -2.15. The molecule has 0 aliphatic rings. The molecule has 0 aliphatic heterocycles. The molecule has 0 saturated heterocycles. The fraction of sp³-hybridized carbons (Fsp3) is 0.750. The second-order valence-electron chi connectivity index (χ2n) is 4.70. The first-order valence-electron chi connectivity index (χ1n) is 6.18. The van der Waals surface area contributed by atoms with E-state index in [2.05, 4.69) is 38.0 Å². The molecule has 0 unspecified atom stereocenters. The second-order valence-corrected chi connectivity index (χ2v) is 4.70. The summed E-state index contributed by atoms with van der Waals surface area (Å²) in [6.45, 7) is 8.29. The average molecular weight is 239 g/mol. The minimum atomic E-state index is -0.988. The van der Waals surface area contributed by atoms with Gasteiger partial charge in [-0.25, -0.2) is 9.48 Å². The zero-order valence-corrected chi connectivity index (χ0v) is 11.0. The van der Waals surface area contributed by atoms with Gasteiger partial charge in [-0.2, -0.15) is 0 Å². The third-order valence-corrected chi connectivity index (χ3v) is 2.88. The second kappa shape index (κ2) is 5.80. The lowest BCUT2D eigenvalue weighted by molar-refractivity contribution is 0.0689.